The van der Waals surface area contributed by atoms with Crippen LogP contribution >= 0.6 is 11.8 Å². The van der Waals surface area contributed by atoms with Crippen molar-refractivity contribution in [1.82, 2.24) is 5.32 Å². The standard InChI is InChI=1S/C12H23NOS/c1-10-7-11(8-15-10)13-9-12(14)5-3-2-4-6-12/h10-11,13-14H,2-9H2,1H3. The lowest BCUT2D eigenvalue weighted by Crippen LogP contribution is -2.45. The minimum Gasteiger partial charge on any atom is -0.389 e. The maximum absolute atomic E-state index is 10.3. The topological polar surface area (TPSA) is 32.3 Å². The Labute approximate surface area is 97.2 Å². The molecule has 2 aliphatic rings. The second-order valence-electron chi connectivity index (χ2n) is 5.24. The predicted octanol–water partition coefficient (Wildman–Crippen LogP) is 2.17. The Balaban J connectivity index is 1.72. The van der Waals surface area contributed by atoms with Crippen LogP contribution in [0.15, 0.2) is 0 Å². The molecular weight excluding hydrogens is 206 g/mol. The maximum Gasteiger partial charge on any atom is 0.0771 e. The van der Waals surface area contributed by atoms with Gasteiger partial charge in [-0.15, -0.1) is 0 Å². The van der Waals surface area contributed by atoms with Crippen LogP contribution in [0.1, 0.15) is 45.4 Å². The molecule has 0 spiro atoms. The minimum atomic E-state index is -0.394. The summed E-state index contributed by atoms with van der Waals surface area (Å²) < 4.78 is 0. The van der Waals surface area contributed by atoms with Gasteiger partial charge in [0.1, 0.15) is 0 Å². The molecule has 0 aromatic carbocycles. The van der Waals surface area contributed by atoms with E-state index in [1.807, 2.05) is 11.8 Å². The van der Waals surface area contributed by atoms with Crippen LogP contribution in [0, 0.1) is 0 Å². The zero-order chi connectivity index (χ0) is 10.7. The summed E-state index contributed by atoms with van der Waals surface area (Å²) in [7, 11) is 0. The first-order chi connectivity index (χ1) is 7.18. The molecule has 2 N–H and O–H groups in total. The molecule has 2 nitrogen and oxygen atoms in total. The summed E-state index contributed by atoms with van der Waals surface area (Å²) in [4.78, 5) is 0. The van der Waals surface area contributed by atoms with Gasteiger partial charge in [-0.2, -0.15) is 11.8 Å². The molecular formula is C12H23NOS. The van der Waals surface area contributed by atoms with Gasteiger partial charge in [0.05, 0.1) is 5.60 Å². The average molecular weight is 229 g/mol. The van der Waals surface area contributed by atoms with Crippen molar-refractivity contribution in [1.29, 1.82) is 0 Å². The number of hydrogen-bond acceptors (Lipinski definition) is 3. The summed E-state index contributed by atoms with van der Waals surface area (Å²) >= 11 is 2.05. The first kappa shape index (κ1) is 11.7. The summed E-state index contributed by atoms with van der Waals surface area (Å²) in [5, 5.41) is 14.7. The van der Waals surface area contributed by atoms with Crippen LogP contribution < -0.4 is 5.32 Å². The van der Waals surface area contributed by atoms with Crippen LogP contribution in [0.4, 0.5) is 0 Å². The molecule has 2 fully saturated rings. The summed E-state index contributed by atoms with van der Waals surface area (Å²) in [6, 6.07) is 0.635. The Morgan fingerprint density at radius 3 is 2.67 bits per heavy atom. The molecule has 1 heterocycles. The molecule has 3 heteroatoms. The first-order valence-electron chi connectivity index (χ1n) is 6.25. The zero-order valence-corrected chi connectivity index (χ0v) is 10.5. The van der Waals surface area contributed by atoms with Crippen molar-refractivity contribution in [3.63, 3.8) is 0 Å². The lowest BCUT2D eigenvalue weighted by atomic mass is 9.84. The van der Waals surface area contributed by atoms with Gasteiger partial charge in [0.25, 0.3) is 0 Å². The molecule has 1 aliphatic carbocycles. The fourth-order valence-corrected chi connectivity index (χ4v) is 3.86. The van der Waals surface area contributed by atoms with Crippen molar-refractivity contribution in [2.75, 3.05) is 12.3 Å². The molecule has 1 aliphatic heterocycles. The number of thioether (sulfide) groups is 1. The van der Waals surface area contributed by atoms with E-state index in [0.29, 0.717) is 6.04 Å². The fourth-order valence-electron chi connectivity index (χ4n) is 2.68. The molecule has 88 valence electrons. The highest BCUT2D eigenvalue weighted by atomic mass is 32.2. The number of rotatable bonds is 3. The molecule has 1 saturated heterocycles. The van der Waals surface area contributed by atoms with E-state index in [2.05, 4.69) is 12.2 Å². The Hall–Kier alpha value is 0.270. The lowest BCUT2D eigenvalue weighted by Gasteiger charge is -2.33. The van der Waals surface area contributed by atoms with Gasteiger partial charge >= 0.3 is 0 Å². The minimum absolute atomic E-state index is 0.394. The van der Waals surface area contributed by atoms with Gasteiger partial charge in [0.15, 0.2) is 0 Å². The smallest absolute Gasteiger partial charge is 0.0771 e. The third-order valence-corrected chi connectivity index (χ3v) is 5.06. The van der Waals surface area contributed by atoms with Gasteiger partial charge < -0.3 is 10.4 Å². The molecule has 0 aromatic rings. The summed E-state index contributed by atoms with van der Waals surface area (Å²) in [5.74, 6) is 1.22. The highest BCUT2D eigenvalue weighted by Gasteiger charge is 2.30. The molecule has 0 aromatic heterocycles. The molecule has 2 atom stereocenters. The zero-order valence-electron chi connectivity index (χ0n) is 9.67. The Morgan fingerprint density at radius 1 is 1.33 bits per heavy atom. The van der Waals surface area contributed by atoms with Gasteiger partial charge in [-0.1, -0.05) is 26.2 Å². The van der Waals surface area contributed by atoms with Crippen LogP contribution in [0.3, 0.4) is 0 Å². The highest BCUT2D eigenvalue weighted by Crippen LogP contribution is 2.29. The Morgan fingerprint density at radius 2 is 2.07 bits per heavy atom. The molecule has 0 bridgehead atoms. The summed E-state index contributed by atoms with van der Waals surface area (Å²) in [6.07, 6.45) is 6.96. The Bertz CT molecular complexity index is 204. The van der Waals surface area contributed by atoms with Crippen LogP contribution in [-0.4, -0.2) is 34.3 Å². The molecule has 1 saturated carbocycles. The molecule has 0 radical (unpaired) electrons. The molecule has 15 heavy (non-hydrogen) atoms. The van der Waals surface area contributed by atoms with Gasteiger partial charge in [-0.3, -0.25) is 0 Å². The third-order valence-electron chi connectivity index (χ3n) is 3.70. The van der Waals surface area contributed by atoms with Crippen LogP contribution in [0.5, 0.6) is 0 Å². The molecule has 2 unspecified atom stereocenters. The monoisotopic (exact) mass is 229 g/mol. The van der Waals surface area contributed by atoms with Crippen molar-refractivity contribution in [3.8, 4) is 0 Å². The van der Waals surface area contributed by atoms with Crippen molar-refractivity contribution >= 4 is 11.8 Å². The lowest BCUT2D eigenvalue weighted by molar-refractivity contribution is 0.00314. The van der Waals surface area contributed by atoms with E-state index in [1.54, 1.807) is 0 Å². The van der Waals surface area contributed by atoms with E-state index in [-0.39, 0.29) is 0 Å². The average Bonchev–Trinajstić information content (AvgIpc) is 2.63. The second kappa shape index (κ2) is 5.07. The largest absolute Gasteiger partial charge is 0.389 e. The van der Waals surface area contributed by atoms with Crippen molar-refractivity contribution < 1.29 is 5.11 Å². The van der Waals surface area contributed by atoms with Gasteiger partial charge in [-0.05, 0) is 19.3 Å². The van der Waals surface area contributed by atoms with E-state index in [4.69, 9.17) is 0 Å². The van der Waals surface area contributed by atoms with Crippen molar-refractivity contribution in [2.24, 2.45) is 0 Å². The SMILES string of the molecule is CC1CC(NCC2(O)CCCCC2)CS1. The quantitative estimate of drug-likeness (QED) is 0.778. The van der Waals surface area contributed by atoms with E-state index < -0.39 is 5.60 Å². The fraction of sp³-hybridized carbons (Fsp3) is 1.00. The predicted molar refractivity (Wildman–Crippen MR) is 66.4 cm³/mol. The van der Waals surface area contributed by atoms with E-state index in [1.165, 1.54) is 31.4 Å². The number of hydrogen-bond donors (Lipinski definition) is 2. The molecule has 2 rings (SSSR count). The second-order valence-corrected chi connectivity index (χ2v) is 6.71. The van der Waals surface area contributed by atoms with Crippen molar-refractivity contribution in [3.05, 3.63) is 0 Å². The number of nitrogens with one attached hydrogen (secondary N) is 1. The first-order valence-corrected chi connectivity index (χ1v) is 7.30. The third kappa shape index (κ3) is 3.36. The van der Waals surface area contributed by atoms with Crippen molar-refractivity contribution in [2.45, 2.75) is 62.3 Å². The van der Waals surface area contributed by atoms with Gasteiger partial charge in [0.2, 0.25) is 0 Å². The van der Waals surface area contributed by atoms with Gasteiger partial charge in [-0.25, -0.2) is 0 Å². The summed E-state index contributed by atoms with van der Waals surface area (Å²) in [6.45, 7) is 3.10. The summed E-state index contributed by atoms with van der Waals surface area (Å²) in [5.41, 5.74) is -0.394. The highest BCUT2D eigenvalue weighted by molar-refractivity contribution is 8.00. The van der Waals surface area contributed by atoms with E-state index >= 15 is 0 Å². The van der Waals surface area contributed by atoms with Crippen LogP contribution in [0.2, 0.25) is 0 Å². The van der Waals surface area contributed by atoms with E-state index in [9.17, 15) is 5.11 Å². The maximum atomic E-state index is 10.3. The number of aliphatic hydroxyl groups is 1. The van der Waals surface area contributed by atoms with E-state index in [0.717, 1.165) is 24.6 Å². The van der Waals surface area contributed by atoms with Crippen LogP contribution in [-0.2, 0) is 0 Å². The van der Waals surface area contributed by atoms with Gasteiger partial charge in [0, 0.05) is 23.6 Å². The normalized spacial score (nSPS) is 35.6. The Kier molecular flexibility index (Phi) is 3.97. The molecule has 0 amide bonds. The van der Waals surface area contributed by atoms with Crippen LogP contribution in [0.25, 0.3) is 0 Å².